The summed E-state index contributed by atoms with van der Waals surface area (Å²) in [4.78, 5) is 0. The Bertz CT molecular complexity index is 41.6. The summed E-state index contributed by atoms with van der Waals surface area (Å²) in [5.41, 5.74) is 4.61. The summed E-state index contributed by atoms with van der Waals surface area (Å²) in [6, 6.07) is 0. The van der Waals surface area contributed by atoms with E-state index in [0.717, 1.165) is 0 Å². The Hall–Kier alpha value is -0.500. The van der Waals surface area contributed by atoms with Crippen molar-refractivity contribution in [3.63, 3.8) is 0 Å². The topological polar surface area (TPSA) is 38.0 Å². The molecule has 3 N–H and O–H groups in total. The van der Waals surface area contributed by atoms with E-state index in [1.807, 2.05) is 13.8 Å². The van der Waals surface area contributed by atoms with Crippen molar-refractivity contribution in [3.05, 3.63) is 12.8 Å². The first-order valence-corrected chi connectivity index (χ1v) is 3.95. The molecule has 0 saturated carbocycles. The lowest BCUT2D eigenvalue weighted by Crippen LogP contribution is -2.03. The Morgan fingerprint density at radius 3 is 1.70 bits per heavy atom. The van der Waals surface area contributed by atoms with Gasteiger partial charge in [-0.25, -0.2) is 0 Å². The fourth-order valence-electron chi connectivity index (χ4n) is 0.625. The molecule has 0 aromatic heterocycles. The van der Waals surface area contributed by atoms with Gasteiger partial charge in [0.05, 0.1) is 0 Å². The molecule has 0 aromatic rings. The molecule has 0 atom stereocenters. The highest BCUT2D eigenvalue weighted by Crippen LogP contribution is 1.90. The molecule has 2 heteroatoms. The van der Waals surface area contributed by atoms with E-state index in [0.29, 0.717) is 0 Å². The predicted octanol–water partition coefficient (Wildman–Crippen LogP) is 1.48. The van der Waals surface area contributed by atoms with Crippen LogP contribution in [-0.2, 0) is 0 Å². The van der Waals surface area contributed by atoms with Crippen LogP contribution in [0, 0.1) is 0 Å². The summed E-state index contributed by atoms with van der Waals surface area (Å²) in [6.07, 6.45) is 4.03. The molecule has 1 heterocycles. The number of rotatable bonds is 0. The number of nitrogens with two attached hydrogens (primary N) is 1. The molecule has 1 saturated heterocycles. The molecule has 10 heavy (non-hydrogen) atoms. The SMILES string of the molecule is C1CCNC1.C=CN.CC. The van der Waals surface area contributed by atoms with E-state index in [4.69, 9.17) is 0 Å². The summed E-state index contributed by atoms with van der Waals surface area (Å²) in [5.74, 6) is 0. The Labute approximate surface area is 64.5 Å². The van der Waals surface area contributed by atoms with E-state index in [-0.39, 0.29) is 0 Å². The average molecular weight is 144 g/mol. The van der Waals surface area contributed by atoms with E-state index in [2.05, 4.69) is 17.6 Å². The Morgan fingerprint density at radius 2 is 1.60 bits per heavy atom. The van der Waals surface area contributed by atoms with E-state index < -0.39 is 0 Å². The largest absolute Gasteiger partial charge is 0.405 e. The summed E-state index contributed by atoms with van der Waals surface area (Å²) < 4.78 is 0. The molecule has 0 spiro atoms. The highest BCUT2D eigenvalue weighted by Gasteiger charge is 1.93. The van der Waals surface area contributed by atoms with Crippen molar-refractivity contribution < 1.29 is 0 Å². The number of hydrogen-bond acceptors (Lipinski definition) is 2. The molecule has 1 fully saturated rings. The fraction of sp³-hybridized carbons (Fsp3) is 0.750. The van der Waals surface area contributed by atoms with Crippen LogP contribution < -0.4 is 11.1 Å². The zero-order valence-electron chi connectivity index (χ0n) is 7.19. The third-order valence-corrected chi connectivity index (χ3v) is 0.957. The molecule has 0 aromatic carbocycles. The predicted molar refractivity (Wildman–Crippen MR) is 47.8 cm³/mol. The van der Waals surface area contributed by atoms with Crippen molar-refractivity contribution >= 4 is 0 Å². The highest BCUT2D eigenvalue weighted by atomic mass is 14.9. The van der Waals surface area contributed by atoms with Crippen LogP contribution in [0.25, 0.3) is 0 Å². The zero-order valence-corrected chi connectivity index (χ0v) is 7.19. The van der Waals surface area contributed by atoms with Crippen LogP contribution in [0.15, 0.2) is 12.8 Å². The van der Waals surface area contributed by atoms with Gasteiger partial charge in [0.25, 0.3) is 0 Å². The van der Waals surface area contributed by atoms with Crippen LogP contribution in [0.4, 0.5) is 0 Å². The van der Waals surface area contributed by atoms with Gasteiger partial charge in [0.2, 0.25) is 0 Å². The molecule has 0 amide bonds. The molecule has 0 unspecified atom stereocenters. The van der Waals surface area contributed by atoms with Crippen LogP contribution in [-0.4, -0.2) is 13.1 Å². The molecule has 0 radical (unpaired) electrons. The number of nitrogens with one attached hydrogen (secondary N) is 1. The minimum atomic E-state index is 1.25. The molecule has 1 aliphatic heterocycles. The van der Waals surface area contributed by atoms with Gasteiger partial charge in [-0.05, 0) is 32.1 Å². The van der Waals surface area contributed by atoms with Crippen molar-refractivity contribution in [1.82, 2.24) is 5.32 Å². The third-order valence-electron chi connectivity index (χ3n) is 0.957. The maximum absolute atomic E-state index is 4.61. The summed E-state index contributed by atoms with van der Waals surface area (Å²) in [6.45, 7) is 9.64. The third kappa shape index (κ3) is 15.6. The monoisotopic (exact) mass is 144 g/mol. The molecule has 1 rings (SSSR count). The van der Waals surface area contributed by atoms with Crippen molar-refractivity contribution in [3.8, 4) is 0 Å². The highest BCUT2D eigenvalue weighted by molar-refractivity contribution is 4.55. The van der Waals surface area contributed by atoms with Crippen LogP contribution in [0.5, 0.6) is 0 Å². The van der Waals surface area contributed by atoms with Crippen molar-refractivity contribution in [2.24, 2.45) is 5.73 Å². The summed E-state index contributed by atoms with van der Waals surface area (Å²) in [7, 11) is 0. The quantitative estimate of drug-likeness (QED) is 0.540. The van der Waals surface area contributed by atoms with Gasteiger partial charge in [-0.1, -0.05) is 20.4 Å². The molecular formula is C8H20N2. The van der Waals surface area contributed by atoms with Gasteiger partial charge in [-0.2, -0.15) is 0 Å². The first-order valence-electron chi connectivity index (χ1n) is 3.95. The Morgan fingerprint density at radius 1 is 1.30 bits per heavy atom. The van der Waals surface area contributed by atoms with Crippen LogP contribution in [0.2, 0.25) is 0 Å². The second kappa shape index (κ2) is 15.8. The smallest absolute Gasteiger partial charge is 0.00484 e. The van der Waals surface area contributed by atoms with E-state index >= 15 is 0 Å². The first kappa shape index (κ1) is 12.2. The average Bonchev–Trinajstić information content (AvgIpc) is 2.48. The molecule has 62 valence electrons. The second-order valence-electron chi connectivity index (χ2n) is 1.69. The molecule has 1 aliphatic rings. The Kier molecular flexibility index (Phi) is 19.3. The summed E-state index contributed by atoms with van der Waals surface area (Å²) in [5, 5.41) is 3.22. The molecule has 0 aliphatic carbocycles. The minimum absolute atomic E-state index is 1.25. The molecule has 0 bridgehead atoms. The van der Waals surface area contributed by atoms with Crippen LogP contribution in [0.3, 0.4) is 0 Å². The first-order chi connectivity index (χ1) is 4.91. The second-order valence-corrected chi connectivity index (χ2v) is 1.69. The van der Waals surface area contributed by atoms with Crippen molar-refractivity contribution in [2.45, 2.75) is 26.7 Å². The van der Waals surface area contributed by atoms with Gasteiger partial charge in [0, 0.05) is 0 Å². The van der Waals surface area contributed by atoms with Gasteiger partial charge in [-0.15, -0.1) is 0 Å². The van der Waals surface area contributed by atoms with Gasteiger partial charge >= 0.3 is 0 Å². The van der Waals surface area contributed by atoms with Crippen LogP contribution >= 0.6 is 0 Å². The summed E-state index contributed by atoms with van der Waals surface area (Å²) >= 11 is 0. The minimum Gasteiger partial charge on any atom is -0.405 e. The fourth-order valence-corrected chi connectivity index (χ4v) is 0.625. The van der Waals surface area contributed by atoms with Gasteiger partial charge in [-0.3, -0.25) is 0 Å². The van der Waals surface area contributed by atoms with E-state index in [1.165, 1.54) is 32.1 Å². The number of hydrogen-bond donors (Lipinski definition) is 2. The van der Waals surface area contributed by atoms with Gasteiger partial charge < -0.3 is 11.1 Å². The van der Waals surface area contributed by atoms with Gasteiger partial charge in [0.1, 0.15) is 0 Å². The lowest BCUT2D eigenvalue weighted by molar-refractivity contribution is 0.857. The van der Waals surface area contributed by atoms with E-state index in [9.17, 15) is 0 Å². The normalized spacial score (nSPS) is 13.8. The van der Waals surface area contributed by atoms with Crippen molar-refractivity contribution in [1.29, 1.82) is 0 Å². The van der Waals surface area contributed by atoms with E-state index in [1.54, 1.807) is 0 Å². The van der Waals surface area contributed by atoms with Crippen molar-refractivity contribution in [2.75, 3.05) is 13.1 Å². The zero-order chi connectivity index (χ0) is 8.24. The Balaban J connectivity index is 0. The maximum atomic E-state index is 4.61. The standard InChI is InChI=1S/C4H9N.C2H5N.C2H6/c1-2-4-5-3-1;1-2-3;1-2/h5H,1-4H2;2H,1,3H2;1-2H3. The molecular weight excluding hydrogens is 124 g/mol. The van der Waals surface area contributed by atoms with Gasteiger partial charge in [0.15, 0.2) is 0 Å². The lowest BCUT2D eigenvalue weighted by Gasteiger charge is -1.76. The molecule has 2 nitrogen and oxygen atoms in total. The lowest BCUT2D eigenvalue weighted by atomic mass is 10.4. The van der Waals surface area contributed by atoms with Crippen LogP contribution in [0.1, 0.15) is 26.7 Å². The maximum Gasteiger partial charge on any atom is -0.00484 e.